The molecule has 112 valence electrons. The third kappa shape index (κ3) is 3.96. The van der Waals surface area contributed by atoms with Gasteiger partial charge in [-0.05, 0) is 49.2 Å². The summed E-state index contributed by atoms with van der Waals surface area (Å²) in [4.78, 5) is 0. The first-order valence-corrected chi connectivity index (χ1v) is 7.24. The van der Waals surface area contributed by atoms with Crippen LogP contribution >= 0.6 is 11.6 Å². The van der Waals surface area contributed by atoms with Gasteiger partial charge in [0, 0.05) is 17.1 Å². The fraction of sp³-hybridized carbons (Fsp3) is 0.294. The van der Waals surface area contributed by atoms with E-state index in [4.69, 9.17) is 16.3 Å². The van der Waals surface area contributed by atoms with Crippen LogP contribution in [0.15, 0.2) is 42.5 Å². The molecule has 0 saturated carbocycles. The van der Waals surface area contributed by atoms with Crippen LogP contribution in [0.4, 0.5) is 4.39 Å². The van der Waals surface area contributed by atoms with Gasteiger partial charge in [0.2, 0.25) is 0 Å². The normalized spacial score (nSPS) is 13.8. The smallest absolute Gasteiger partial charge is 0.165 e. The largest absolute Gasteiger partial charge is 0.494 e. The Morgan fingerprint density at radius 2 is 1.57 bits per heavy atom. The van der Waals surface area contributed by atoms with Crippen LogP contribution in [0.5, 0.6) is 5.75 Å². The first-order chi connectivity index (χ1) is 10.0. The van der Waals surface area contributed by atoms with Crippen LogP contribution in [0.25, 0.3) is 0 Å². The van der Waals surface area contributed by atoms with E-state index >= 15 is 0 Å². The molecule has 1 unspecified atom stereocenters. The maximum Gasteiger partial charge on any atom is 0.165 e. The molecule has 0 amide bonds. The Morgan fingerprint density at radius 3 is 2.19 bits per heavy atom. The molecule has 0 bridgehead atoms. The molecule has 0 spiro atoms. The number of hydrogen-bond donors (Lipinski definition) is 1. The van der Waals surface area contributed by atoms with Gasteiger partial charge in [0.1, 0.15) is 0 Å². The van der Waals surface area contributed by atoms with E-state index < -0.39 is 0 Å². The van der Waals surface area contributed by atoms with Gasteiger partial charge in [-0.25, -0.2) is 4.39 Å². The summed E-state index contributed by atoms with van der Waals surface area (Å²) in [6.07, 6.45) is 0. The molecular weight excluding hydrogens is 289 g/mol. The zero-order valence-electron chi connectivity index (χ0n) is 12.4. The van der Waals surface area contributed by atoms with E-state index in [-0.39, 0.29) is 23.7 Å². The Morgan fingerprint density at radius 1 is 1.00 bits per heavy atom. The van der Waals surface area contributed by atoms with Gasteiger partial charge in [0.15, 0.2) is 11.6 Å². The van der Waals surface area contributed by atoms with Crippen LogP contribution in [-0.2, 0) is 0 Å². The van der Waals surface area contributed by atoms with E-state index in [0.717, 1.165) is 16.1 Å². The van der Waals surface area contributed by atoms with Crippen molar-refractivity contribution in [2.75, 3.05) is 7.11 Å². The first kappa shape index (κ1) is 15.8. The topological polar surface area (TPSA) is 21.3 Å². The van der Waals surface area contributed by atoms with Gasteiger partial charge in [-0.15, -0.1) is 0 Å². The van der Waals surface area contributed by atoms with Crippen LogP contribution in [0.1, 0.15) is 37.1 Å². The standard InChI is InChI=1S/C17H19ClFNO/c1-11(13-4-7-15(18)8-5-13)20-12(2)14-6-9-16(19)17(10-14)21-3/h4-12,20H,1-3H3/t11-,12?/m1/s1. The Balaban J connectivity index is 2.10. The second-order valence-electron chi connectivity index (χ2n) is 5.06. The molecule has 2 atom stereocenters. The Hall–Kier alpha value is -1.58. The van der Waals surface area contributed by atoms with Crippen molar-refractivity contribution in [3.63, 3.8) is 0 Å². The molecule has 0 aliphatic rings. The molecule has 21 heavy (non-hydrogen) atoms. The molecule has 4 heteroatoms. The average Bonchev–Trinajstić information content (AvgIpc) is 2.48. The van der Waals surface area contributed by atoms with E-state index in [1.807, 2.05) is 31.2 Å². The summed E-state index contributed by atoms with van der Waals surface area (Å²) in [5.41, 5.74) is 2.13. The van der Waals surface area contributed by atoms with Gasteiger partial charge < -0.3 is 10.1 Å². The second-order valence-corrected chi connectivity index (χ2v) is 5.49. The molecule has 2 nitrogen and oxygen atoms in total. The van der Waals surface area contributed by atoms with E-state index in [1.54, 1.807) is 12.1 Å². The van der Waals surface area contributed by atoms with Gasteiger partial charge in [-0.3, -0.25) is 0 Å². The number of rotatable bonds is 5. The van der Waals surface area contributed by atoms with Gasteiger partial charge >= 0.3 is 0 Å². The number of nitrogens with one attached hydrogen (secondary N) is 1. The zero-order chi connectivity index (χ0) is 15.4. The van der Waals surface area contributed by atoms with Gasteiger partial charge in [0.05, 0.1) is 7.11 Å². The summed E-state index contributed by atoms with van der Waals surface area (Å²) in [5, 5.41) is 4.21. The molecule has 0 heterocycles. The van der Waals surface area contributed by atoms with Crippen molar-refractivity contribution in [1.29, 1.82) is 0 Å². The summed E-state index contributed by atoms with van der Waals surface area (Å²) in [6, 6.07) is 12.9. The number of benzene rings is 2. The third-order valence-electron chi connectivity index (χ3n) is 3.55. The van der Waals surface area contributed by atoms with Crippen LogP contribution in [0.2, 0.25) is 5.02 Å². The predicted octanol–water partition coefficient (Wildman–Crippen LogP) is 4.90. The highest BCUT2D eigenvalue weighted by Gasteiger charge is 2.13. The minimum atomic E-state index is -0.348. The molecule has 0 aliphatic heterocycles. The molecule has 2 aromatic carbocycles. The lowest BCUT2D eigenvalue weighted by molar-refractivity contribution is 0.384. The second kappa shape index (κ2) is 6.92. The van der Waals surface area contributed by atoms with Crippen LogP contribution in [-0.4, -0.2) is 7.11 Å². The maximum absolute atomic E-state index is 13.4. The summed E-state index contributed by atoms with van der Waals surface area (Å²) >= 11 is 5.90. The van der Waals surface area contributed by atoms with Crippen LogP contribution in [0.3, 0.4) is 0 Å². The Bertz CT molecular complexity index is 600. The van der Waals surface area contributed by atoms with E-state index in [9.17, 15) is 4.39 Å². The lowest BCUT2D eigenvalue weighted by Crippen LogP contribution is -2.22. The number of halogens is 2. The minimum absolute atomic E-state index is 0.0742. The first-order valence-electron chi connectivity index (χ1n) is 6.86. The predicted molar refractivity (Wildman–Crippen MR) is 84.4 cm³/mol. The SMILES string of the molecule is COc1cc(C(C)N[C@H](C)c2ccc(Cl)cc2)ccc1F. The van der Waals surface area contributed by atoms with Crippen molar-refractivity contribution in [3.8, 4) is 5.75 Å². The lowest BCUT2D eigenvalue weighted by Gasteiger charge is -2.21. The summed E-state index contributed by atoms with van der Waals surface area (Å²) in [5.74, 6) is -0.0838. The van der Waals surface area contributed by atoms with E-state index in [2.05, 4.69) is 12.2 Å². The molecule has 2 aromatic rings. The zero-order valence-corrected chi connectivity index (χ0v) is 13.1. The summed E-state index contributed by atoms with van der Waals surface area (Å²) in [7, 11) is 1.47. The molecule has 0 aromatic heterocycles. The van der Waals surface area contributed by atoms with E-state index in [1.165, 1.54) is 13.2 Å². The fourth-order valence-electron chi connectivity index (χ4n) is 2.26. The molecule has 0 saturated heterocycles. The van der Waals surface area contributed by atoms with Crippen molar-refractivity contribution in [2.45, 2.75) is 25.9 Å². The monoisotopic (exact) mass is 307 g/mol. The molecular formula is C17H19ClFNO. The quantitative estimate of drug-likeness (QED) is 0.848. The van der Waals surface area contributed by atoms with Crippen molar-refractivity contribution < 1.29 is 9.13 Å². The summed E-state index contributed by atoms with van der Waals surface area (Å²) < 4.78 is 18.5. The molecule has 1 N–H and O–H groups in total. The number of ether oxygens (including phenoxy) is 1. The fourth-order valence-corrected chi connectivity index (χ4v) is 2.39. The maximum atomic E-state index is 13.4. The van der Waals surface area contributed by atoms with Crippen molar-refractivity contribution in [1.82, 2.24) is 5.32 Å². The van der Waals surface area contributed by atoms with Gasteiger partial charge in [-0.1, -0.05) is 29.8 Å². The number of hydrogen-bond acceptors (Lipinski definition) is 2. The van der Waals surface area contributed by atoms with E-state index in [0.29, 0.717) is 0 Å². The van der Waals surface area contributed by atoms with Crippen molar-refractivity contribution in [2.24, 2.45) is 0 Å². The molecule has 2 rings (SSSR count). The molecule has 0 aliphatic carbocycles. The highest BCUT2D eigenvalue weighted by molar-refractivity contribution is 6.30. The Kier molecular flexibility index (Phi) is 5.21. The van der Waals surface area contributed by atoms with Crippen molar-refractivity contribution in [3.05, 3.63) is 64.4 Å². The van der Waals surface area contributed by atoms with Crippen molar-refractivity contribution >= 4 is 11.6 Å². The number of methoxy groups -OCH3 is 1. The highest BCUT2D eigenvalue weighted by Crippen LogP contribution is 2.25. The summed E-state index contributed by atoms with van der Waals surface area (Å²) in [6.45, 7) is 4.12. The average molecular weight is 308 g/mol. The molecule has 0 radical (unpaired) electrons. The van der Waals surface area contributed by atoms with Gasteiger partial charge in [0.25, 0.3) is 0 Å². The lowest BCUT2D eigenvalue weighted by atomic mass is 10.0. The molecule has 0 fully saturated rings. The third-order valence-corrected chi connectivity index (χ3v) is 3.80. The van der Waals surface area contributed by atoms with Gasteiger partial charge in [-0.2, -0.15) is 0 Å². The minimum Gasteiger partial charge on any atom is -0.494 e. The Labute approximate surface area is 129 Å². The van der Waals surface area contributed by atoms with Crippen LogP contribution in [0, 0.1) is 5.82 Å². The highest BCUT2D eigenvalue weighted by atomic mass is 35.5. The van der Waals surface area contributed by atoms with Crippen LogP contribution < -0.4 is 10.1 Å².